The van der Waals surface area contributed by atoms with Crippen LogP contribution in [-0.2, 0) is 11.2 Å². The van der Waals surface area contributed by atoms with Crippen LogP contribution in [0.5, 0.6) is 5.75 Å². The maximum atomic E-state index is 5.38. The Hall–Kier alpha value is -0.590. The molecule has 3 heteroatoms. The molecule has 2 rings (SSSR count). The van der Waals surface area contributed by atoms with Crippen LogP contribution in [0.4, 0.5) is 0 Å². The first kappa shape index (κ1) is 11.9. The van der Waals surface area contributed by atoms with E-state index < -0.39 is 0 Å². The van der Waals surface area contributed by atoms with Crippen molar-refractivity contribution in [2.45, 2.75) is 26.2 Å². The van der Waals surface area contributed by atoms with Gasteiger partial charge in [0.1, 0.15) is 5.75 Å². The predicted molar refractivity (Wildman–Crippen MR) is 68.8 cm³/mol. The molecule has 1 aromatic rings. The van der Waals surface area contributed by atoms with Crippen LogP contribution in [0.1, 0.15) is 24.0 Å². The molecule has 1 atom stereocenters. The van der Waals surface area contributed by atoms with Gasteiger partial charge in [0, 0.05) is 13.2 Å². The number of benzene rings is 1. The average Bonchev–Trinajstić information content (AvgIpc) is 2.31. The Kier molecular flexibility index (Phi) is 4.20. The van der Waals surface area contributed by atoms with Crippen molar-refractivity contribution in [3.05, 3.63) is 29.3 Å². The highest BCUT2D eigenvalue weighted by molar-refractivity contribution is 7.10. The third-order valence-corrected chi connectivity index (χ3v) is 3.45. The van der Waals surface area contributed by atoms with Gasteiger partial charge in [0.25, 0.3) is 0 Å². The van der Waals surface area contributed by atoms with Crippen LogP contribution in [0.3, 0.4) is 0 Å². The molecule has 0 N–H and O–H groups in total. The Morgan fingerprint density at radius 1 is 1.38 bits per heavy atom. The Bertz CT molecular complexity index is 346. The quantitative estimate of drug-likeness (QED) is 0.753. The maximum absolute atomic E-state index is 5.38. The molecule has 0 saturated carbocycles. The molecular formula is C13H19O2P. The van der Waals surface area contributed by atoms with E-state index >= 15 is 0 Å². The minimum Gasteiger partial charge on any atom is -0.480 e. The van der Waals surface area contributed by atoms with Crippen molar-refractivity contribution in [3.8, 4) is 5.75 Å². The second-order valence-electron chi connectivity index (χ2n) is 4.49. The van der Waals surface area contributed by atoms with E-state index in [9.17, 15) is 0 Å². The molecule has 88 valence electrons. The lowest BCUT2D eigenvalue weighted by Crippen LogP contribution is -2.17. The first-order valence-electron chi connectivity index (χ1n) is 5.83. The van der Waals surface area contributed by atoms with Crippen molar-refractivity contribution in [2.75, 3.05) is 13.2 Å². The molecule has 2 nitrogen and oxygen atoms in total. The van der Waals surface area contributed by atoms with Crippen molar-refractivity contribution in [2.24, 2.45) is 5.92 Å². The lowest BCUT2D eigenvalue weighted by Gasteiger charge is -2.22. The van der Waals surface area contributed by atoms with E-state index in [1.807, 2.05) is 0 Å². The van der Waals surface area contributed by atoms with Crippen LogP contribution in [-0.4, -0.2) is 13.2 Å². The molecule has 0 amide bonds. The summed E-state index contributed by atoms with van der Waals surface area (Å²) in [5.74, 6) is 1.73. The molecular weight excluding hydrogens is 219 g/mol. The summed E-state index contributed by atoms with van der Waals surface area (Å²) in [5, 5.41) is 0. The van der Waals surface area contributed by atoms with E-state index in [1.165, 1.54) is 24.0 Å². The summed E-state index contributed by atoms with van der Waals surface area (Å²) in [6.07, 6.45) is 3.45. The maximum Gasteiger partial charge on any atom is 0.125 e. The molecule has 0 spiro atoms. The van der Waals surface area contributed by atoms with E-state index in [-0.39, 0.29) is 0 Å². The molecule has 1 fully saturated rings. The zero-order chi connectivity index (χ0) is 11.4. The first-order chi connectivity index (χ1) is 7.79. The lowest BCUT2D eigenvalue weighted by molar-refractivity contribution is 0.0664. The van der Waals surface area contributed by atoms with Gasteiger partial charge < -0.3 is 9.26 Å². The highest BCUT2D eigenvalue weighted by Crippen LogP contribution is 2.28. The molecule has 1 unspecified atom stereocenters. The van der Waals surface area contributed by atoms with Gasteiger partial charge in [-0.25, -0.2) is 0 Å². The molecule has 1 aliphatic heterocycles. The predicted octanol–water partition coefficient (Wildman–Crippen LogP) is 3.13. The fourth-order valence-electron chi connectivity index (χ4n) is 2.24. The summed E-state index contributed by atoms with van der Waals surface area (Å²) >= 11 is 0. The van der Waals surface area contributed by atoms with Crippen LogP contribution >= 0.6 is 9.47 Å². The summed E-state index contributed by atoms with van der Waals surface area (Å²) in [5.41, 5.74) is 2.62. The van der Waals surface area contributed by atoms with Gasteiger partial charge in [-0.05, 0) is 43.7 Å². The molecule has 16 heavy (non-hydrogen) atoms. The Morgan fingerprint density at radius 3 is 2.81 bits per heavy atom. The summed E-state index contributed by atoms with van der Waals surface area (Å²) in [4.78, 5) is 0. The van der Waals surface area contributed by atoms with Gasteiger partial charge >= 0.3 is 0 Å². The van der Waals surface area contributed by atoms with E-state index in [2.05, 4.69) is 34.6 Å². The van der Waals surface area contributed by atoms with Crippen molar-refractivity contribution in [1.82, 2.24) is 0 Å². The minimum absolute atomic E-state index is 0.745. The van der Waals surface area contributed by atoms with E-state index in [1.54, 1.807) is 0 Å². The fourth-order valence-corrected chi connectivity index (χ4v) is 2.47. The van der Waals surface area contributed by atoms with E-state index in [0.29, 0.717) is 0 Å². The topological polar surface area (TPSA) is 18.5 Å². The van der Waals surface area contributed by atoms with Crippen LogP contribution in [0.15, 0.2) is 18.2 Å². The number of hydrogen-bond donors (Lipinski definition) is 0. The van der Waals surface area contributed by atoms with Gasteiger partial charge in [0.2, 0.25) is 0 Å². The summed E-state index contributed by atoms with van der Waals surface area (Å²) in [7, 11) is 2.34. The highest BCUT2D eigenvalue weighted by atomic mass is 31.0. The number of hydrogen-bond acceptors (Lipinski definition) is 2. The fraction of sp³-hybridized carbons (Fsp3) is 0.538. The number of aryl methyl sites for hydroxylation is 1. The van der Waals surface area contributed by atoms with Gasteiger partial charge in [0.05, 0.1) is 9.47 Å². The van der Waals surface area contributed by atoms with Crippen molar-refractivity contribution in [3.63, 3.8) is 0 Å². The van der Waals surface area contributed by atoms with E-state index in [0.717, 1.165) is 31.3 Å². The normalized spacial score (nSPS) is 17.4. The molecule has 1 aliphatic rings. The van der Waals surface area contributed by atoms with Crippen LogP contribution < -0.4 is 4.52 Å². The van der Waals surface area contributed by atoms with Crippen molar-refractivity contribution >= 4 is 9.47 Å². The molecule has 0 aliphatic carbocycles. The number of ether oxygens (including phenoxy) is 1. The minimum atomic E-state index is 0.745. The van der Waals surface area contributed by atoms with Crippen molar-refractivity contribution < 1.29 is 9.26 Å². The Balaban J connectivity index is 2.09. The first-order valence-corrected chi connectivity index (χ1v) is 6.30. The van der Waals surface area contributed by atoms with Gasteiger partial charge in [-0.3, -0.25) is 0 Å². The summed E-state index contributed by atoms with van der Waals surface area (Å²) < 4.78 is 10.7. The summed E-state index contributed by atoms with van der Waals surface area (Å²) in [6, 6.07) is 6.37. The standard InChI is InChI=1S/C13H19O2P/c1-10-2-3-13(15-16)12(8-10)9-11-4-6-14-7-5-11/h2-3,8,11H,4-7,9,16H2,1H3. The SMILES string of the molecule is Cc1ccc(OP)c(CC2CCOCC2)c1. The molecule has 1 aromatic carbocycles. The third-order valence-electron chi connectivity index (χ3n) is 3.19. The zero-order valence-corrected chi connectivity index (χ0v) is 10.9. The molecule has 1 saturated heterocycles. The van der Waals surface area contributed by atoms with Gasteiger partial charge in [-0.2, -0.15) is 0 Å². The third kappa shape index (κ3) is 2.96. The average molecular weight is 238 g/mol. The number of rotatable bonds is 3. The molecule has 0 aromatic heterocycles. The smallest absolute Gasteiger partial charge is 0.125 e. The van der Waals surface area contributed by atoms with Crippen LogP contribution in [0.2, 0.25) is 0 Å². The molecule has 1 heterocycles. The second kappa shape index (κ2) is 5.65. The summed E-state index contributed by atoms with van der Waals surface area (Å²) in [6.45, 7) is 3.95. The van der Waals surface area contributed by atoms with E-state index in [4.69, 9.17) is 9.26 Å². The largest absolute Gasteiger partial charge is 0.480 e. The highest BCUT2D eigenvalue weighted by Gasteiger charge is 2.16. The van der Waals surface area contributed by atoms with Gasteiger partial charge in [-0.1, -0.05) is 17.7 Å². The van der Waals surface area contributed by atoms with Gasteiger partial charge in [0.15, 0.2) is 0 Å². The lowest BCUT2D eigenvalue weighted by atomic mass is 9.91. The molecule has 0 radical (unpaired) electrons. The van der Waals surface area contributed by atoms with Gasteiger partial charge in [-0.15, -0.1) is 0 Å². The second-order valence-corrected chi connectivity index (χ2v) is 4.72. The zero-order valence-electron chi connectivity index (χ0n) is 9.74. The Labute approximate surface area is 99.6 Å². The Morgan fingerprint density at radius 2 is 2.12 bits per heavy atom. The van der Waals surface area contributed by atoms with Crippen molar-refractivity contribution in [1.29, 1.82) is 0 Å². The molecule has 0 bridgehead atoms. The van der Waals surface area contributed by atoms with Crippen LogP contribution in [0, 0.1) is 12.8 Å². The monoisotopic (exact) mass is 238 g/mol. The van der Waals surface area contributed by atoms with Crippen LogP contribution in [0.25, 0.3) is 0 Å².